The van der Waals surface area contributed by atoms with Crippen molar-refractivity contribution in [2.24, 2.45) is 17.8 Å². The Morgan fingerprint density at radius 1 is 0.929 bits per heavy atom. The van der Waals surface area contributed by atoms with Crippen molar-refractivity contribution in [2.75, 3.05) is 13.2 Å². The van der Waals surface area contributed by atoms with E-state index in [-0.39, 0.29) is 18.5 Å². The Kier molecular flexibility index (Phi) is 11.0. The summed E-state index contributed by atoms with van der Waals surface area (Å²) in [5, 5.41) is 8.76. The maximum atomic E-state index is 12.1. The molecule has 0 aromatic carbocycles. The number of carbonyl (C=O) groups excluding carboxylic acids is 1. The molecule has 0 unspecified atom stereocenters. The van der Waals surface area contributed by atoms with Crippen LogP contribution in [0.25, 0.3) is 0 Å². The zero-order valence-electron chi connectivity index (χ0n) is 18.0. The number of rotatable bonds is 12. The van der Waals surface area contributed by atoms with E-state index in [1.165, 1.54) is 64.2 Å². The van der Waals surface area contributed by atoms with Crippen LogP contribution in [0, 0.1) is 17.8 Å². The third-order valence-electron chi connectivity index (χ3n) is 6.82. The van der Waals surface area contributed by atoms with Crippen molar-refractivity contribution in [1.29, 1.82) is 0 Å². The maximum Gasteiger partial charge on any atom is 0.373 e. The maximum absolute atomic E-state index is 12.1. The van der Waals surface area contributed by atoms with Gasteiger partial charge in [-0.2, -0.15) is 0 Å². The third kappa shape index (κ3) is 8.14. The van der Waals surface area contributed by atoms with E-state index in [4.69, 9.17) is 14.6 Å². The molecule has 0 heterocycles. The molecular weight excluding hydrogens is 352 g/mol. The highest BCUT2D eigenvalue weighted by molar-refractivity contribution is 5.85. The van der Waals surface area contributed by atoms with Gasteiger partial charge in [0.05, 0.1) is 6.61 Å². The Morgan fingerprint density at radius 3 is 2.18 bits per heavy atom. The number of unbranched alkanes of at least 4 members (excludes halogenated alkanes) is 3. The van der Waals surface area contributed by atoms with Gasteiger partial charge >= 0.3 is 5.97 Å². The van der Waals surface area contributed by atoms with Gasteiger partial charge in [0.15, 0.2) is 5.76 Å². The molecule has 0 bridgehead atoms. The molecular formula is C24H42O4. The van der Waals surface area contributed by atoms with Gasteiger partial charge in [0.2, 0.25) is 0 Å². The van der Waals surface area contributed by atoms with Crippen LogP contribution in [-0.2, 0) is 14.3 Å². The molecule has 2 aliphatic rings. The van der Waals surface area contributed by atoms with Crippen LogP contribution in [0.4, 0.5) is 0 Å². The van der Waals surface area contributed by atoms with Crippen LogP contribution in [0.1, 0.15) is 96.8 Å². The predicted octanol–water partition coefficient (Wildman–Crippen LogP) is 5.78. The van der Waals surface area contributed by atoms with Crippen molar-refractivity contribution in [1.82, 2.24) is 0 Å². The summed E-state index contributed by atoms with van der Waals surface area (Å²) in [6.07, 6.45) is 17.0. The summed E-state index contributed by atoms with van der Waals surface area (Å²) < 4.78 is 10.9. The fourth-order valence-corrected chi connectivity index (χ4v) is 4.99. The van der Waals surface area contributed by atoms with Crippen LogP contribution in [-0.4, -0.2) is 30.4 Å². The van der Waals surface area contributed by atoms with Gasteiger partial charge in [0.25, 0.3) is 0 Å². The van der Waals surface area contributed by atoms with Crippen LogP contribution in [0.5, 0.6) is 0 Å². The second kappa shape index (κ2) is 13.2. The first-order valence-corrected chi connectivity index (χ1v) is 11.8. The molecule has 4 heteroatoms. The Balaban J connectivity index is 1.60. The first-order chi connectivity index (χ1) is 13.6. The lowest BCUT2D eigenvalue weighted by Gasteiger charge is -2.37. The second-order valence-electron chi connectivity index (χ2n) is 8.92. The molecule has 0 spiro atoms. The van der Waals surface area contributed by atoms with E-state index in [0.29, 0.717) is 13.0 Å². The van der Waals surface area contributed by atoms with E-state index in [1.54, 1.807) is 0 Å². The minimum absolute atomic E-state index is 0.0203. The lowest BCUT2D eigenvalue weighted by molar-refractivity contribution is -0.150. The van der Waals surface area contributed by atoms with Crippen LogP contribution < -0.4 is 0 Å². The van der Waals surface area contributed by atoms with Crippen LogP contribution in [0.3, 0.4) is 0 Å². The Hall–Kier alpha value is -1.03. The van der Waals surface area contributed by atoms with Gasteiger partial charge in [-0.1, -0.05) is 45.4 Å². The zero-order chi connectivity index (χ0) is 20.2. The van der Waals surface area contributed by atoms with Gasteiger partial charge in [-0.05, 0) is 75.7 Å². The molecule has 28 heavy (non-hydrogen) atoms. The average molecular weight is 395 g/mol. The summed E-state index contributed by atoms with van der Waals surface area (Å²) in [6.45, 7) is 6.51. The second-order valence-corrected chi connectivity index (χ2v) is 8.92. The summed E-state index contributed by atoms with van der Waals surface area (Å²) in [6, 6.07) is 0. The molecule has 0 aromatic heterocycles. The van der Waals surface area contributed by atoms with Crippen LogP contribution in [0.2, 0.25) is 0 Å². The van der Waals surface area contributed by atoms with Gasteiger partial charge in [-0.25, -0.2) is 4.79 Å². The van der Waals surface area contributed by atoms with Crippen molar-refractivity contribution in [3.8, 4) is 0 Å². The topological polar surface area (TPSA) is 55.8 Å². The quantitative estimate of drug-likeness (QED) is 0.197. The molecule has 0 aromatic rings. The van der Waals surface area contributed by atoms with Gasteiger partial charge in [-0.3, -0.25) is 0 Å². The normalized spacial score (nSPS) is 27.9. The molecule has 4 nitrogen and oxygen atoms in total. The lowest BCUT2D eigenvalue weighted by atomic mass is 9.70. The average Bonchev–Trinajstić information content (AvgIpc) is 2.72. The lowest BCUT2D eigenvalue weighted by Crippen LogP contribution is -2.30. The van der Waals surface area contributed by atoms with Crippen LogP contribution in [0.15, 0.2) is 12.3 Å². The van der Waals surface area contributed by atoms with Crippen molar-refractivity contribution in [3.05, 3.63) is 12.3 Å². The first-order valence-electron chi connectivity index (χ1n) is 11.8. The predicted molar refractivity (Wildman–Crippen MR) is 113 cm³/mol. The number of aliphatic hydroxyl groups is 1. The standard InChI is InChI=1S/C24H42O4/c1-3-4-5-8-20-9-11-21(12-10-20)22-13-15-23(16-14-22)28-24(26)19(2)27-18-7-6-17-25/h20-23,25H,2-18H2,1H3. The molecule has 0 aliphatic heterocycles. The van der Waals surface area contributed by atoms with E-state index in [0.717, 1.165) is 37.0 Å². The Labute approximate surface area is 172 Å². The van der Waals surface area contributed by atoms with Crippen molar-refractivity contribution in [2.45, 2.75) is 103 Å². The monoisotopic (exact) mass is 394 g/mol. The number of ether oxygens (including phenoxy) is 2. The minimum atomic E-state index is -0.417. The smallest absolute Gasteiger partial charge is 0.373 e. The molecule has 2 fully saturated rings. The van der Waals surface area contributed by atoms with E-state index in [1.807, 2.05) is 0 Å². The largest absolute Gasteiger partial charge is 0.487 e. The molecule has 0 amide bonds. The summed E-state index contributed by atoms with van der Waals surface area (Å²) >= 11 is 0. The number of aliphatic hydroxyl groups excluding tert-OH is 1. The molecule has 2 saturated carbocycles. The summed E-state index contributed by atoms with van der Waals surface area (Å²) in [4.78, 5) is 12.1. The minimum Gasteiger partial charge on any atom is -0.487 e. The zero-order valence-corrected chi connectivity index (χ0v) is 18.0. The number of carbonyl (C=O) groups is 1. The Morgan fingerprint density at radius 2 is 1.57 bits per heavy atom. The Bertz CT molecular complexity index is 446. The molecule has 2 aliphatic carbocycles. The first kappa shape index (κ1) is 23.3. The number of esters is 1. The molecule has 2 rings (SSSR count). The summed E-state index contributed by atoms with van der Waals surface area (Å²) in [5.74, 6) is 2.37. The molecule has 0 radical (unpaired) electrons. The molecule has 1 N–H and O–H groups in total. The van der Waals surface area contributed by atoms with Gasteiger partial charge in [0.1, 0.15) is 6.10 Å². The van der Waals surface area contributed by atoms with E-state index < -0.39 is 5.97 Å². The summed E-state index contributed by atoms with van der Waals surface area (Å²) in [7, 11) is 0. The molecule has 0 atom stereocenters. The van der Waals surface area contributed by atoms with Crippen LogP contribution >= 0.6 is 0 Å². The number of hydrogen-bond donors (Lipinski definition) is 1. The highest BCUT2D eigenvalue weighted by Crippen LogP contribution is 2.41. The van der Waals surface area contributed by atoms with Crippen molar-refractivity contribution >= 4 is 5.97 Å². The number of hydrogen-bond acceptors (Lipinski definition) is 4. The highest BCUT2D eigenvalue weighted by Gasteiger charge is 2.32. The molecule has 162 valence electrons. The van der Waals surface area contributed by atoms with E-state index in [9.17, 15) is 4.79 Å². The third-order valence-corrected chi connectivity index (χ3v) is 6.82. The van der Waals surface area contributed by atoms with Crippen molar-refractivity contribution in [3.63, 3.8) is 0 Å². The van der Waals surface area contributed by atoms with E-state index in [2.05, 4.69) is 13.5 Å². The van der Waals surface area contributed by atoms with Crippen molar-refractivity contribution < 1.29 is 19.4 Å². The van der Waals surface area contributed by atoms with Gasteiger partial charge < -0.3 is 14.6 Å². The molecule has 0 saturated heterocycles. The summed E-state index contributed by atoms with van der Waals surface area (Å²) in [5.41, 5.74) is 0. The van der Waals surface area contributed by atoms with Gasteiger partial charge in [-0.15, -0.1) is 0 Å². The SMILES string of the molecule is C=C(OCCCCO)C(=O)OC1CCC(C2CCC(CCCCC)CC2)CC1. The van der Waals surface area contributed by atoms with Gasteiger partial charge in [0, 0.05) is 6.61 Å². The highest BCUT2D eigenvalue weighted by atomic mass is 16.6. The fourth-order valence-electron chi connectivity index (χ4n) is 4.99. The fraction of sp³-hybridized carbons (Fsp3) is 0.875. The van der Waals surface area contributed by atoms with E-state index >= 15 is 0 Å².